The van der Waals surface area contributed by atoms with Crippen LogP contribution in [0.15, 0.2) is 70.3 Å². The molecule has 1 heterocycles. The number of hydrogen-bond acceptors (Lipinski definition) is 4. The van der Waals surface area contributed by atoms with Gasteiger partial charge in [-0.05, 0) is 29.7 Å². The summed E-state index contributed by atoms with van der Waals surface area (Å²) in [6, 6.07) is 18.0. The summed E-state index contributed by atoms with van der Waals surface area (Å²) in [5.41, 5.74) is 2.31. The lowest BCUT2D eigenvalue weighted by molar-refractivity contribution is 0.0472. The number of carbonyl (C=O) groups excluding carboxylic acids is 1. The highest BCUT2D eigenvalue weighted by molar-refractivity contribution is 5.89. The molecule has 3 rings (SSSR count). The van der Waals surface area contributed by atoms with Crippen molar-refractivity contribution in [3.8, 4) is 0 Å². The van der Waals surface area contributed by atoms with Crippen molar-refractivity contribution in [3.05, 3.63) is 104 Å². The van der Waals surface area contributed by atoms with E-state index in [-0.39, 0.29) is 17.9 Å². The summed E-state index contributed by atoms with van der Waals surface area (Å²) < 4.78 is 8.05. The molecule has 0 amide bonds. The Morgan fingerprint density at radius 3 is 2.31 bits per heavy atom. The molecule has 2 aromatic carbocycles. The van der Waals surface area contributed by atoms with Crippen LogP contribution in [-0.2, 0) is 31.4 Å². The second kappa shape index (κ2) is 9.19. The predicted octanol–water partition coefficient (Wildman–Crippen LogP) is 2.90. The summed E-state index contributed by atoms with van der Waals surface area (Å²) in [5, 5.41) is 0. The fourth-order valence-corrected chi connectivity index (χ4v) is 3.08. The van der Waals surface area contributed by atoms with Gasteiger partial charge in [0.15, 0.2) is 0 Å². The maximum absolute atomic E-state index is 12.5. The van der Waals surface area contributed by atoms with E-state index in [4.69, 9.17) is 4.74 Å². The number of rotatable bonds is 7. The lowest BCUT2D eigenvalue weighted by atomic mass is 10.1. The molecule has 0 saturated carbocycles. The molecule has 0 atom stereocenters. The first-order valence-electron chi connectivity index (χ1n) is 9.59. The molecule has 0 fully saturated rings. The molecule has 6 heteroatoms. The minimum atomic E-state index is -0.397. The van der Waals surface area contributed by atoms with E-state index in [0.717, 1.165) is 22.1 Å². The van der Waals surface area contributed by atoms with E-state index in [1.165, 1.54) is 13.1 Å². The van der Waals surface area contributed by atoms with Crippen molar-refractivity contribution in [2.24, 2.45) is 7.05 Å². The van der Waals surface area contributed by atoms with Crippen molar-refractivity contribution in [3.63, 3.8) is 0 Å². The molecule has 6 nitrogen and oxygen atoms in total. The van der Waals surface area contributed by atoms with Gasteiger partial charge in [-0.2, -0.15) is 0 Å². The summed E-state index contributed by atoms with van der Waals surface area (Å²) in [5.74, 6) is -0.397. The molecule has 0 N–H and O–H groups in total. The molecule has 1 aromatic heterocycles. The van der Waals surface area contributed by atoms with Crippen LogP contribution in [-0.4, -0.2) is 15.1 Å². The lowest BCUT2D eigenvalue weighted by Crippen LogP contribution is -2.39. The average molecular weight is 392 g/mol. The molecule has 0 bridgehead atoms. The van der Waals surface area contributed by atoms with E-state index >= 15 is 0 Å². The zero-order chi connectivity index (χ0) is 20.8. The van der Waals surface area contributed by atoms with Gasteiger partial charge in [-0.3, -0.25) is 13.9 Å². The topological polar surface area (TPSA) is 70.3 Å². The van der Waals surface area contributed by atoms with Gasteiger partial charge >= 0.3 is 11.7 Å². The smallest absolute Gasteiger partial charge is 0.338 e. The summed E-state index contributed by atoms with van der Waals surface area (Å²) >= 11 is 0. The summed E-state index contributed by atoms with van der Waals surface area (Å²) in [7, 11) is 1.47. The lowest BCUT2D eigenvalue weighted by Gasteiger charge is -2.14. The number of benzene rings is 2. The quantitative estimate of drug-likeness (QED) is 0.580. The largest absolute Gasteiger partial charge is 0.457 e. The van der Waals surface area contributed by atoms with E-state index in [1.807, 2.05) is 37.3 Å². The second-order valence-corrected chi connectivity index (χ2v) is 6.91. The Kier molecular flexibility index (Phi) is 6.44. The van der Waals surface area contributed by atoms with Gasteiger partial charge in [0.2, 0.25) is 0 Å². The minimum Gasteiger partial charge on any atom is -0.457 e. The summed E-state index contributed by atoms with van der Waals surface area (Å²) in [4.78, 5) is 36.7. The average Bonchev–Trinajstić information content (AvgIpc) is 2.74. The Labute approximate surface area is 169 Å². The van der Waals surface area contributed by atoms with Crippen LogP contribution >= 0.6 is 0 Å². The molecule has 0 aliphatic carbocycles. The molecule has 3 aromatic rings. The third kappa shape index (κ3) is 4.90. The molecule has 29 heavy (non-hydrogen) atoms. The highest BCUT2D eigenvalue weighted by Gasteiger charge is 2.11. The number of aryl methyl sites for hydroxylation is 1. The third-order valence-electron chi connectivity index (χ3n) is 4.73. The summed E-state index contributed by atoms with van der Waals surface area (Å²) in [6.45, 7) is 2.55. The van der Waals surface area contributed by atoms with Crippen LogP contribution in [0.25, 0.3) is 0 Å². The SMILES string of the molecule is CCCc1cc(=O)n(C)c(=O)n1Cc1ccc(C(=O)OCc2ccccc2)cc1. The first-order valence-corrected chi connectivity index (χ1v) is 9.59. The Hall–Kier alpha value is -3.41. The van der Waals surface area contributed by atoms with E-state index in [2.05, 4.69) is 0 Å². The number of esters is 1. The molecule has 150 valence electrons. The monoisotopic (exact) mass is 392 g/mol. The first-order chi connectivity index (χ1) is 14.0. The van der Waals surface area contributed by atoms with E-state index in [9.17, 15) is 14.4 Å². The van der Waals surface area contributed by atoms with Crippen molar-refractivity contribution in [2.45, 2.75) is 32.9 Å². The van der Waals surface area contributed by atoms with Crippen LogP contribution < -0.4 is 11.2 Å². The maximum Gasteiger partial charge on any atom is 0.338 e. The number of nitrogens with zero attached hydrogens (tertiary/aromatic N) is 2. The van der Waals surface area contributed by atoms with Crippen LogP contribution in [0.3, 0.4) is 0 Å². The highest BCUT2D eigenvalue weighted by Crippen LogP contribution is 2.10. The van der Waals surface area contributed by atoms with Gasteiger partial charge in [-0.1, -0.05) is 55.8 Å². The third-order valence-corrected chi connectivity index (χ3v) is 4.73. The number of aromatic nitrogens is 2. The van der Waals surface area contributed by atoms with E-state index < -0.39 is 5.97 Å². The first kappa shape index (κ1) is 20.3. The normalized spacial score (nSPS) is 10.7. The minimum absolute atomic E-state index is 0.218. The van der Waals surface area contributed by atoms with Gasteiger partial charge in [0.25, 0.3) is 5.56 Å². The molecule has 0 aliphatic rings. The Morgan fingerprint density at radius 2 is 1.66 bits per heavy atom. The molecular weight excluding hydrogens is 368 g/mol. The predicted molar refractivity (Wildman–Crippen MR) is 111 cm³/mol. The van der Waals surface area contributed by atoms with Gasteiger partial charge in [-0.25, -0.2) is 9.59 Å². The van der Waals surface area contributed by atoms with E-state index in [0.29, 0.717) is 24.2 Å². The van der Waals surface area contributed by atoms with Crippen LogP contribution in [0.2, 0.25) is 0 Å². The van der Waals surface area contributed by atoms with E-state index in [1.54, 1.807) is 28.8 Å². The number of hydrogen-bond donors (Lipinski definition) is 0. The fourth-order valence-electron chi connectivity index (χ4n) is 3.08. The fraction of sp³-hybridized carbons (Fsp3) is 0.261. The molecule has 0 saturated heterocycles. The zero-order valence-corrected chi connectivity index (χ0v) is 16.6. The van der Waals surface area contributed by atoms with Gasteiger partial charge in [0.05, 0.1) is 12.1 Å². The Balaban J connectivity index is 1.74. The zero-order valence-electron chi connectivity index (χ0n) is 16.6. The highest BCUT2D eigenvalue weighted by atomic mass is 16.5. The second-order valence-electron chi connectivity index (χ2n) is 6.91. The van der Waals surface area contributed by atoms with Crippen LogP contribution in [0.1, 0.15) is 40.5 Å². The Bertz CT molecular complexity index is 1100. The Morgan fingerprint density at radius 1 is 0.966 bits per heavy atom. The van der Waals surface area contributed by atoms with Crippen LogP contribution in [0, 0.1) is 0 Å². The van der Waals surface area contributed by atoms with Gasteiger partial charge in [0, 0.05) is 18.8 Å². The molecule has 0 spiro atoms. The van der Waals surface area contributed by atoms with Crippen molar-refractivity contribution in [1.29, 1.82) is 0 Å². The van der Waals surface area contributed by atoms with Crippen molar-refractivity contribution in [2.75, 3.05) is 0 Å². The van der Waals surface area contributed by atoms with Gasteiger partial charge in [-0.15, -0.1) is 0 Å². The summed E-state index contributed by atoms with van der Waals surface area (Å²) in [6.07, 6.45) is 1.48. The molecule has 0 radical (unpaired) electrons. The maximum atomic E-state index is 12.5. The number of carbonyl (C=O) groups is 1. The van der Waals surface area contributed by atoms with Crippen molar-refractivity contribution >= 4 is 5.97 Å². The molecular formula is C23H24N2O4. The molecule has 0 unspecified atom stereocenters. The standard InChI is InChI=1S/C23H24N2O4/c1-3-7-20-14-21(26)24(2)23(28)25(20)15-17-10-12-19(13-11-17)22(27)29-16-18-8-5-4-6-9-18/h4-6,8-14H,3,7,15-16H2,1-2H3. The van der Waals surface area contributed by atoms with Crippen molar-refractivity contribution in [1.82, 2.24) is 9.13 Å². The molecule has 0 aliphatic heterocycles. The number of ether oxygens (including phenoxy) is 1. The van der Waals surface area contributed by atoms with Crippen LogP contribution in [0.5, 0.6) is 0 Å². The van der Waals surface area contributed by atoms with Crippen molar-refractivity contribution < 1.29 is 9.53 Å². The van der Waals surface area contributed by atoms with Crippen LogP contribution in [0.4, 0.5) is 0 Å². The van der Waals surface area contributed by atoms with Gasteiger partial charge in [0.1, 0.15) is 6.61 Å². The van der Waals surface area contributed by atoms with Gasteiger partial charge < -0.3 is 4.74 Å².